The Morgan fingerprint density at radius 1 is 0.348 bits per heavy atom. The summed E-state index contributed by atoms with van der Waals surface area (Å²) in [6.07, 6.45) is 0. The Morgan fingerprint density at radius 2 is 0.758 bits per heavy atom. The monoisotopic (exact) mass is 882 g/mol. The molecule has 0 unspecified atom stereocenters. The number of hydrogen-bond donors (Lipinski definition) is 0. The van der Waals surface area contributed by atoms with Gasteiger partial charge in [-0.2, -0.15) is 0 Å². The lowest BCUT2D eigenvalue weighted by molar-refractivity contribution is 0.590. The molecular weight excluding hydrogens is 829 g/mol. The highest BCUT2D eigenvalue weighted by molar-refractivity contribution is 7.03. The van der Waals surface area contributed by atoms with E-state index >= 15 is 0 Å². The zero-order chi connectivity index (χ0) is 45.1. The summed E-state index contributed by atoms with van der Waals surface area (Å²) in [4.78, 5) is 5.08. The van der Waals surface area contributed by atoms with Crippen molar-refractivity contribution in [2.24, 2.45) is 0 Å². The Hall–Kier alpha value is -6.99. The van der Waals surface area contributed by atoms with Crippen molar-refractivity contribution in [1.82, 2.24) is 0 Å². The normalized spacial score (nSPS) is 14.8. The molecule has 10 aromatic rings. The van der Waals surface area contributed by atoms with Crippen LogP contribution in [0.1, 0.15) is 26.3 Å². The predicted octanol–water partition coefficient (Wildman–Crippen LogP) is 15.0. The molecule has 0 amide bonds. The Balaban J connectivity index is 1.21. The van der Waals surface area contributed by atoms with Crippen LogP contribution in [0.5, 0.6) is 0 Å². The Labute approximate surface area is 391 Å². The van der Waals surface area contributed by atoms with Gasteiger partial charge in [0, 0.05) is 34.1 Å². The number of nitrogens with zero attached hydrogens (tertiary/aromatic N) is 2. The fourth-order valence-corrected chi connectivity index (χ4v) is 17.5. The molecule has 12 rings (SSSR count). The van der Waals surface area contributed by atoms with E-state index in [1.807, 2.05) is 0 Å². The van der Waals surface area contributed by atoms with Gasteiger partial charge in [-0.15, -0.1) is 0 Å². The molecule has 2 heterocycles. The van der Waals surface area contributed by atoms with Gasteiger partial charge in [0.15, 0.2) is 0 Å². The standard InChI is InChI=1S/C62H54N2Si2/c1-62(2,3)43-33-31-42(32-34-43)60-48-37-35-45(64-54-25-12-16-29-58(54)66(6,7)59-30-17-13-26-55(59)64)40-51(48)61(47-22-18-20-41-19-8-9-21-46(41)47)49-38-36-44(39-50(49)60)63-52-23-10-14-27-56(52)65(4,5)57-28-15-11-24-53(57)63/h8-40H,1-7H3. The molecular formula is C62H54N2Si2. The van der Waals surface area contributed by atoms with Gasteiger partial charge in [-0.25, -0.2) is 0 Å². The Kier molecular flexibility index (Phi) is 9.06. The summed E-state index contributed by atoms with van der Waals surface area (Å²) in [5.41, 5.74) is 13.9. The summed E-state index contributed by atoms with van der Waals surface area (Å²) in [7, 11) is -3.95. The minimum Gasteiger partial charge on any atom is -0.311 e. The molecule has 0 saturated heterocycles. The summed E-state index contributed by atoms with van der Waals surface area (Å²) in [6.45, 7) is 16.9. The van der Waals surface area contributed by atoms with Crippen LogP contribution in [0.4, 0.5) is 34.1 Å². The molecule has 0 aromatic heterocycles. The van der Waals surface area contributed by atoms with Gasteiger partial charge in [0.2, 0.25) is 0 Å². The maximum absolute atomic E-state index is 2.54. The van der Waals surface area contributed by atoms with Crippen LogP contribution >= 0.6 is 0 Å². The lowest BCUT2D eigenvalue weighted by Crippen LogP contribution is -2.58. The largest absolute Gasteiger partial charge is 0.311 e. The first kappa shape index (κ1) is 40.5. The second-order valence-corrected chi connectivity index (χ2v) is 29.2. The second kappa shape index (κ2) is 14.8. The summed E-state index contributed by atoms with van der Waals surface area (Å²) in [6, 6.07) is 76.4. The molecule has 66 heavy (non-hydrogen) atoms. The lowest BCUT2D eigenvalue weighted by Gasteiger charge is -2.41. The van der Waals surface area contributed by atoms with Crippen LogP contribution in [-0.4, -0.2) is 16.1 Å². The highest BCUT2D eigenvalue weighted by Gasteiger charge is 2.40. The van der Waals surface area contributed by atoms with Gasteiger partial charge < -0.3 is 9.80 Å². The number of para-hydroxylation sites is 4. The van der Waals surface area contributed by atoms with Gasteiger partial charge in [-0.05, 0) is 135 Å². The molecule has 0 N–H and O–H groups in total. The van der Waals surface area contributed by atoms with Gasteiger partial charge in [-0.1, -0.05) is 199 Å². The first-order valence-electron chi connectivity index (χ1n) is 23.5. The molecule has 0 spiro atoms. The Morgan fingerprint density at radius 3 is 1.24 bits per heavy atom. The van der Waals surface area contributed by atoms with E-state index in [-0.39, 0.29) is 5.41 Å². The zero-order valence-corrected chi connectivity index (χ0v) is 40.9. The molecule has 0 bridgehead atoms. The van der Waals surface area contributed by atoms with Crippen LogP contribution in [0, 0.1) is 0 Å². The molecule has 2 nitrogen and oxygen atoms in total. The molecule has 0 saturated carbocycles. The van der Waals surface area contributed by atoms with Gasteiger partial charge in [-0.3, -0.25) is 0 Å². The number of hydrogen-bond acceptors (Lipinski definition) is 2. The molecule has 320 valence electrons. The average Bonchev–Trinajstić information content (AvgIpc) is 3.33. The molecule has 0 aliphatic carbocycles. The number of rotatable bonds is 4. The highest BCUT2D eigenvalue weighted by atomic mass is 28.3. The first-order chi connectivity index (χ1) is 31.9. The molecule has 4 heteroatoms. The zero-order valence-electron chi connectivity index (χ0n) is 38.9. The average molecular weight is 883 g/mol. The third-order valence-corrected chi connectivity index (χ3v) is 22.0. The van der Waals surface area contributed by atoms with Crippen LogP contribution in [0.2, 0.25) is 26.2 Å². The molecule has 0 radical (unpaired) electrons. The quantitative estimate of drug-likeness (QED) is 0.128. The summed E-state index contributed by atoms with van der Waals surface area (Å²) in [5.74, 6) is 0. The van der Waals surface area contributed by atoms with Crippen molar-refractivity contribution in [1.29, 1.82) is 0 Å². The van der Waals surface area contributed by atoms with E-state index in [9.17, 15) is 0 Å². The van der Waals surface area contributed by atoms with Crippen molar-refractivity contribution < 1.29 is 0 Å². The van der Waals surface area contributed by atoms with Gasteiger partial charge >= 0.3 is 0 Å². The summed E-state index contributed by atoms with van der Waals surface area (Å²) in [5, 5.41) is 13.4. The third kappa shape index (κ3) is 6.05. The van der Waals surface area contributed by atoms with Crippen molar-refractivity contribution in [3.63, 3.8) is 0 Å². The van der Waals surface area contributed by atoms with E-state index in [4.69, 9.17) is 0 Å². The van der Waals surface area contributed by atoms with Crippen LogP contribution in [0.15, 0.2) is 200 Å². The number of anilines is 6. The second-order valence-electron chi connectivity index (χ2n) is 20.6. The minimum atomic E-state index is -1.98. The predicted molar refractivity (Wildman–Crippen MR) is 291 cm³/mol. The van der Waals surface area contributed by atoms with Crippen molar-refractivity contribution in [2.75, 3.05) is 9.80 Å². The van der Waals surface area contributed by atoms with Crippen LogP contribution < -0.4 is 30.5 Å². The molecule has 0 atom stereocenters. The SMILES string of the molecule is CC(C)(C)c1ccc(-c2c3cc(N4c5ccccc5[Si](C)(C)c5ccccc54)ccc3c(-c3cccc4ccccc34)c3cc(N4c5ccccc5[Si](C)(C)c5ccccc54)ccc23)cc1. The maximum atomic E-state index is 2.54. The van der Waals surface area contributed by atoms with Crippen molar-refractivity contribution in [3.8, 4) is 22.3 Å². The van der Waals surface area contributed by atoms with Crippen LogP contribution in [-0.2, 0) is 5.41 Å². The van der Waals surface area contributed by atoms with Crippen molar-refractivity contribution in [3.05, 3.63) is 206 Å². The van der Waals surface area contributed by atoms with Crippen LogP contribution in [0.25, 0.3) is 54.6 Å². The first-order valence-corrected chi connectivity index (χ1v) is 29.5. The molecule has 2 aliphatic heterocycles. The van der Waals surface area contributed by atoms with Crippen LogP contribution in [0.3, 0.4) is 0 Å². The summed E-state index contributed by atoms with van der Waals surface area (Å²) < 4.78 is 0. The van der Waals surface area contributed by atoms with Crippen molar-refractivity contribution >= 4 is 103 Å². The van der Waals surface area contributed by atoms with Crippen molar-refractivity contribution in [2.45, 2.75) is 52.4 Å². The van der Waals surface area contributed by atoms with E-state index in [1.54, 1.807) is 0 Å². The minimum absolute atomic E-state index is 0.0353. The molecule has 2 aliphatic rings. The van der Waals surface area contributed by atoms with E-state index < -0.39 is 16.1 Å². The maximum Gasteiger partial charge on any atom is 0.117 e. The third-order valence-electron chi connectivity index (χ3n) is 15.0. The molecule has 10 aromatic carbocycles. The smallest absolute Gasteiger partial charge is 0.117 e. The molecule has 0 fully saturated rings. The number of fused-ring (bicyclic) bond motifs is 7. The van der Waals surface area contributed by atoms with E-state index in [2.05, 4.69) is 257 Å². The fraction of sp³-hybridized carbons (Fsp3) is 0.129. The van der Waals surface area contributed by atoms with Gasteiger partial charge in [0.1, 0.15) is 16.1 Å². The van der Waals surface area contributed by atoms with E-state index in [0.717, 1.165) is 0 Å². The van der Waals surface area contributed by atoms with Gasteiger partial charge in [0.25, 0.3) is 0 Å². The number of benzene rings is 10. The topological polar surface area (TPSA) is 6.48 Å². The van der Waals surface area contributed by atoms with E-state index in [1.165, 1.54) is 115 Å². The van der Waals surface area contributed by atoms with E-state index in [0.29, 0.717) is 0 Å². The Bertz CT molecular complexity index is 3490. The fourth-order valence-electron chi connectivity index (χ4n) is 11.6. The lowest BCUT2D eigenvalue weighted by atomic mass is 9.82. The summed E-state index contributed by atoms with van der Waals surface area (Å²) >= 11 is 0. The van der Waals surface area contributed by atoms with Gasteiger partial charge in [0.05, 0.1) is 0 Å². The highest BCUT2D eigenvalue weighted by Crippen LogP contribution is 2.50.